The van der Waals surface area contributed by atoms with Gasteiger partial charge < -0.3 is 9.84 Å². The molecular formula is C15H28O4. The summed E-state index contributed by atoms with van der Waals surface area (Å²) in [6, 6.07) is 0. The van der Waals surface area contributed by atoms with Crippen LogP contribution in [0.2, 0.25) is 0 Å². The first-order valence-electron chi connectivity index (χ1n) is 7.54. The van der Waals surface area contributed by atoms with Crippen molar-refractivity contribution in [3.8, 4) is 0 Å². The molecule has 0 atom stereocenters. The highest BCUT2D eigenvalue weighted by molar-refractivity contribution is 5.69. The number of esters is 1. The number of unbranched alkanes of at least 4 members (excludes halogenated alkanes) is 7. The fourth-order valence-electron chi connectivity index (χ4n) is 1.86. The molecule has 0 rings (SSSR count). The van der Waals surface area contributed by atoms with Gasteiger partial charge in [-0.1, -0.05) is 45.4 Å². The fourth-order valence-corrected chi connectivity index (χ4v) is 1.86. The Kier molecular flexibility index (Phi) is 12.6. The number of carbonyl (C=O) groups excluding carboxylic acids is 1. The summed E-state index contributed by atoms with van der Waals surface area (Å²) in [6.45, 7) is 2.68. The summed E-state index contributed by atoms with van der Waals surface area (Å²) in [4.78, 5) is 21.6. The zero-order chi connectivity index (χ0) is 14.3. The molecular weight excluding hydrogens is 244 g/mol. The minimum absolute atomic E-state index is 0.0815. The smallest absolute Gasteiger partial charge is 0.305 e. The van der Waals surface area contributed by atoms with Gasteiger partial charge in [-0.25, -0.2) is 0 Å². The van der Waals surface area contributed by atoms with E-state index in [9.17, 15) is 9.59 Å². The number of carboxylic acids is 1. The van der Waals surface area contributed by atoms with Gasteiger partial charge in [-0.05, 0) is 19.3 Å². The number of hydrogen-bond acceptors (Lipinski definition) is 3. The van der Waals surface area contributed by atoms with E-state index in [1.54, 1.807) is 0 Å². The molecule has 4 nitrogen and oxygen atoms in total. The van der Waals surface area contributed by atoms with E-state index in [0.717, 1.165) is 57.8 Å². The molecule has 0 bridgehead atoms. The molecule has 0 unspecified atom stereocenters. The summed E-state index contributed by atoms with van der Waals surface area (Å²) in [5, 5.41) is 8.47. The largest absolute Gasteiger partial charge is 0.481 e. The highest BCUT2D eigenvalue weighted by Crippen LogP contribution is 2.09. The number of carbonyl (C=O) groups is 2. The summed E-state index contributed by atoms with van der Waals surface area (Å²) in [5.74, 6) is -0.798. The average Bonchev–Trinajstić information content (AvgIpc) is 2.37. The van der Waals surface area contributed by atoms with Gasteiger partial charge in [0.15, 0.2) is 0 Å². The Morgan fingerprint density at radius 2 is 1.42 bits per heavy atom. The number of rotatable bonds is 13. The van der Waals surface area contributed by atoms with Crippen molar-refractivity contribution < 1.29 is 19.4 Å². The van der Waals surface area contributed by atoms with Gasteiger partial charge in [0.2, 0.25) is 0 Å². The lowest BCUT2D eigenvalue weighted by atomic mass is 10.1. The molecule has 0 radical (unpaired) electrons. The maximum absolute atomic E-state index is 11.3. The molecule has 4 heteroatoms. The molecule has 0 aliphatic carbocycles. The second kappa shape index (κ2) is 13.4. The maximum atomic E-state index is 11.3. The van der Waals surface area contributed by atoms with E-state index in [1.807, 2.05) is 0 Å². The van der Waals surface area contributed by atoms with Crippen LogP contribution in [0.4, 0.5) is 0 Å². The minimum Gasteiger partial charge on any atom is -0.481 e. The van der Waals surface area contributed by atoms with Crippen LogP contribution in [-0.2, 0) is 14.3 Å². The molecule has 0 aliphatic heterocycles. The Morgan fingerprint density at radius 3 is 2.00 bits per heavy atom. The van der Waals surface area contributed by atoms with E-state index in [0.29, 0.717) is 13.0 Å². The van der Waals surface area contributed by atoms with Crippen LogP contribution in [-0.4, -0.2) is 23.7 Å². The molecule has 0 aliphatic rings. The second-order valence-electron chi connectivity index (χ2n) is 4.94. The molecule has 0 aromatic rings. The number of aliphatic carboxylic acids is 1. The van der Waals surface area contributed by atoms with Gasteiger partial charge in [0, 0.05) is 12.8 Å². The van der Waals surface area contributed by atoms with Crippen LogP contribution in [0, 0.1) is 0 Å². The van der Waals surface area contributed by atoms with Crippen LogP contribution in [0.5, 0.6) is 0 Å². The second-order valence-corrected chi connectivity index (χ2v) is 4.94. The van der Waals surface area contributed by atoms with Gasteiger partial charge in [0.25, 0.3) is 0 Å². The highest BCUT2D eigenvalue weighted by Gasteiger charge is 2.02. The van der Waals surface area contributed by atoms with Crippen molar-refractivity contribution in [2.24, 2.45) is 0 Å². The SMILES string of the molecule is CCCCCOC(=O)CCCCCCCCC(=O)O. The molecule has 0 aromatic carbocycles. The van der Waals surface area contributed by atoms with Gasteiger partial charge in [-0.2, -0.15) is 0 Å². The molecule has 0 aromatic heterocycles. The molecule has 0 spiro atoms. The summed E-state index contributed by atoms with van der Waals surface area (Å²) in [7, 11) is 0. The van der Waals surface area contributed by atoms with Gasteiger partial charge in [-0.15, -0.1) is 0 Å². The predicted molar refractivity (Wildman–Crippen MR) is 75.1 cm³/mol. The number of hydrogen-bond donors (Lipinski definition) is 1. The lowest BCUT2D eigenvalue weighted by molar-refractivity contribution is -0.144. The van der Waals surface area contributed by atoms with Crippen LogP contribution in [0.15, 0.2) is 0 Å². The monoisotopic (exact) mass is 272 g/mol. The van der Waals surface area contributed by atoms with Crippen molar-refractivity contribution in [2.75, 3.05) is 6.61 Å². The van der Waals surface area contributed by atoms with E-state index in [2.05, 4.69) is 6.92 Å². The molecule has 112 valence electrons. The number of carboxylic acid groups (broad SMARTS) is 1. The fraction of sp³-hybridized carbons (Fsp3) is 0.867. The van der Waals surface area contributed by atoms with E-state index < -0.39 is 5.97 Å². The Balaban J connectivity index is 3.16. The standard InChI is InChI=1S/C15H28O4/c1-2-3-10-13-19-15(18)12-9-7-5-4-6-8-11-14(16)17/h2-13H2,1H3,(H,16,17). The Morgan fingerprint density at radius 1 is 0.842 bits per heavy atom. The van der Waals surface area contributed by atoms with Crippen molar-refractivity contribution in [1.29, 1.82) is 0 Å². The topological polar surface area (TPSA) is 63.6 Å². The lowest BCUT2D eigenvalue weighted by Crippen LogP contribution is -2.05. The Labute approximate surface area is 116 Å². The number of ether oxygens (including phenoxy) is 1. The van der Waals surface area contributed by atoms with Crippen LogP contribution in [0.25, 0.3) is 0 Å². The van der Waals surface area contributed by atoms with Crippen LogP contribution in [0.1, 0.15) is 77.6 Å². The summed E-state index contributed by atoms with van der Waals surface area (Å²) < 4.78 is 5.11. The molecule has 0 saturated heterocycles. The van der Waals surface area contributed by atoms with Crippen LogP contribution in [0.3, 0.4) is 0 Å². The molecule has 0 saturated carbocycles. The zero-order valence-electron chi connectivity index (χ0n) is 12.2. The first kappa shape index (κ1) is 17.9. The molecule has 1 N–H and O–H groups in total. The third-order valence-corrected chi connectivity index (χ3v) is 3.03. The van der Waals surface area contributed by atoms with Gasteiger partial charge in [0.1, 0.15) is 0 Å². The van der Waals surface area contributed by atoms with E-state index in [-0.39, 0.29) is 12.4 Å². The van der Waals surface area contributed by atoms with Gasteiger partial charge >= 0.3 is 11.9 Å². The van der Waals surface area contributed by atoms with E-state index in [4.69, 9.17) is 9.84 Å². The third kappa shape index (κ3) is 14.9. The normalized spacial score (nSPS) is 10.4. The van der Waals surface area contributed by atoms with Gasteiger partial charge in [-0.3, -0.25) is 9.59 Å². The van der Waals surface area contributed by atoms with Crippen LogP contribution < -0.4 is 0 Å². The van der Waals surface area contributed by atoms with Crippen molar-refractivity contribution >= 4 is 11.9 Å². The minimum atomic E-state index is -0.717. The molecule has 0 fully saturated rings. The van der Waals surface area contributed by atoms with Crippen LogP contribution >= 0.6 is 0 Å². The van der Waals surface area contributed by atoms with E-state index >= 15 is 0 Å². The highest BCUT2D eigenvalue weighted by atomic mass is 16.5. The van der Waals surface area contributed by atoms with Crippen molar-refractivity contribution in [1.82, 2.24) is 0 Å². The Bertz CT molecular complexity index is 238. The van der Waals surface area contributed by atoms with Crippen molar-refractivity contribution in [2.45, 2.75) is 77.6 Å². The summed E-state index contributed by atoms with van der Waals surface area (Å²) in [6.07, 6.45) is 9.76. The first-order valence-corrected chi connectivity index (χ1v) is 7.54. The predicted octanol–water partition coefficient (Wildman–Crippen LogP) is 3.93. The van der Waals surface area contributed by atoms with Gasteiger partial charge in [0.05, 0.1) is 6.61 Å². The lowest BCUT2D eigenvalue weighted by Gasteiger charge is -2.04. The molecule has 0 heterocycles. The third-order valence-electron chi connectivity index (χ3n) is 3.03. The molecule has 0 amide bonds. The quantitative estimate of drug-likeness (QED) is 0.407. The first-order chi connectivity index (χ1) is 9.16. The average molecular weight is 272 g/mol. The zero-order valence-corrected chi connectivity index (χ0v) is 12.2. The summed E-state index contributed by atoms with van der Waals surface area (Å²) in [5.41, 5.74) is 0. The van der Waals surface area contributed by atoms with E-state index in [1.165, 1.54) is 0 Å². The Hall–Kier alpha value is -1.06. The van der Waals surface area contributed by atoms with Crippen molar-refractivity contribution in [3.05, 3.63) is 0 Å². The van der Waals surface area contributed by atoms with Crippen molar-refractivity contribution in [3.63, 3.8) is 0 Å². The molecule has 19 heavy (non-hydrogen) atoms. The maximum Gasteiger partial charge on any atom is 0.305 e. The summed E-state index contributed by atoms with van der Waals surface area (Å²) >= 11 is 0.